The number of Topliss-reactive ketones (excluding diaryl/α,β-unsaturated/α-hetero) is 6. The highest BCUT2D eigenvalue weighted by atomic mass is 127. The van der Waals surface area contributed by atoms with Gasteiger partial charge in [0.25, 0.3) is 0 Å². The normalized spacial score (nSPS) is 10.5. The third-order valence-corrected chi connectivity index (χ3v) is 14.9. The number of halogens is 3. The zero-order chi connectivity index (χ0) is 61.2. The molecular weight excluding hydrogens is 1330 g/mol. The number of carbonyl (C=O) groups excluding carboxylic acids is 6. The predicted octanol–water partition coefficient (Wildman–Crippen LogP) is 11.5. The van der Waals surface area contributed by atoms with Gasteiger partial charge in [0.05, 0.1) is 50.9 Å². The van der Waals surface area contributed by atoms with Crippen molar-refractivity contribution in [1.82, 2.24) is 39.1 Å². The molecule has 0 atom stereocenters. The summed E-state index contributed by atoms with van der Waals surface area (Å²) in [7, 11) is 16.2. The maximum Gasteiger partial charge on any atom is 0.184 e. The summed E-state index contributed by atoms with van der Waals surface area (Å²) in [5, 5.41) is 19.1. The average molecular weight is 1390 g/mol. The van der Waals surface area contributed by atoms with Crippen molar-refractivity contribution in [2.75, 3.05) is 42.7 Å². The molecule has 440 valence electrons. The Kier molecular flexibility index (Phi) is 24.0. The van der Waals surface area contributed by atoms with Crippen molar-refractivity contribution in [2.24, 2.45) is 28.2 Å². The first-order valence-corrected chi connectivity index (χ1v) is 28.6. The van der Waals surface area contributed by atoms with Crippen LogP contribution in [0.25, 0.3) is 21.2 Å². The van der Waals surface area contributed by atoms with Crippen LogP contribution in [0, 0.1) is 13.1 Å². The second kappa shape index (κ2) is 31.0. The molecule has 24 heteroatoms. The van der Waals surface area contributed by atoms with Crippen LogP contribution in [0.5, 0.6) is 34.5 Å². The van der Waals surface area contributed by atoms with E-state index in [0.29, 0.717) is 72.8 Å². The van der Waals surface area contributed by atoms with E-state index in [0.717, 1.165) is 18.2 Å². The van der Waals surface area contributed by atoms with Gasteiger partial charge in [0.2, 0.25) is 0 Å². The molecule has 84 heavy (non-hydrogen) atoms. The van der Waals surface area contributed by atoms with Crippen LogP contribution < -0.4 is 28.4 Å². The number of hydrogen-bond acceptors (Lipinski definition) is 17. The minimum atomic E-state index is -0.295. The third kappa shape index (κ3) is 17.2. The van der Waals surface area contributed by atoms with E-state index in [-0.39, 0.29) is 84.7 Å². The molecule has 20 nitrogen and oxygen atoms in total. The molecular formula is C60H61FI2N8O12S. The molecule has 0 aliphatic heterocycles. The zero-order valence-electron chi connectivity index (χ0n) is 47.7. The second-order valence-electron chi connectivity index (χ2n) is 18.3. The lowest BCUT2D eigenvalue weighted by Crippen LogP contribution is -2.07. The van der Waals surface area contributed by atoms with Gasteiger partial charge in [-0.15, -0.1) is 11.3 Å². The van der Waals surface area contributed by atoms with Crippen molar-refractivity contribution in [3.63, 3.8) is 0 Å². The highest BCUT2D eigenvalue weighted by Crippen LogP contribution is 2.37. The van der Waals surface area contributed by atoms with Crippen molar-refractivity contribution in [3.8, 4) is 45.6 Å². The fourth-order valence-corrected chi connectivity index (χ4v) is 10.5. The van der Waals surface area contributed by atoms with Crippen LogP contribution in [0.15, 0.2) is 115 Å². The van der Waals surface area contributed by atoms with E-state index in [1.54, 1.807) is 125 Å². The van der Waals surface area contributed by atoms with Crippen molar-refractivity contribution in [2.45, 2.75) is 38.5 Å². The SMILES string of the molecule is COc1ccc(C(=O)CCC(=O)c2ccn(C)n2)cc1OC.COc1ccc(C(=O)CCC(=O)c2nn(C)cc2-c2csc3c(F)cccc23)cc1OC.COc1ccc(C(=O)CCC(=O)c2nn(C)cc2I)cc1OC.Cn1ccc(I)n1. The van der Waals surface area contributed by atoms with Crippen molar-refractivity contribution in [3.05, 3.63) is 162 Å². The molecule has 0 bridgehead atoms. The van der Waals surface area contributed by atoms with E-state index in [2.05, 4.69) is 65.6 Å². The maximum absolute atomic E-state index is 14.1. The van der Waals surface area contributed by atoms with E-state index in [1.165, 1.54) is 60.1 Å². The number of methoxy groups -OCH3 is 6. The minimum absolute atomic E-state index is 0.00756. The summed E-state index contributed by atoms with van der Waals surface area (Å²) >= 11 is 5.52. The van der Waals surface area contributed by atoms with Crippen LogP contribution >= 0.6 is 56.5 Å². The van der Waals surface area contributed by atoms with Crippen LogP contribution in [-0.4, -0.2) is 116 Å². The summed E-state index contributed by atoms with van der Waals surface area (Å²) in [5.74, 6) is 1.83. The van der Waals surface area contributed by atoms with Gasteiger partial charge in [-0.25, -0.2) is 4.39 Å². The van der Waals surface area contributed by atoms with Gasteiger partial charge in [-0.3, -0.25) is 47.5 Å². The summed E-state index contributed by atoms with van der Waals surface area (Å²) in [6.07, 6.45) is 7.68. The van der Waals surface area contributed by atoms with E-state index < -0.39 is 0 Å². The summed E-state index contributed by atoms with van der Waals surface area (Å²) in [4.78, 5) is 74.2. The fourth-order valence-electron chi connectivity index (χ4n) is 8.23. The number of ketones is 6. The highest BCUT2D eigenvalue weighted by molar-refractivity contribution is 14.1. The fraction of sp³-hybridized carbons (Fsp3) is 0.267. The molecule has 0 N–H and O–H groups in total. The molecule has 0 aliphatic rings. The molecule has 0 radical (unpaired) electrons. The highest BCUT2D eigenvalue weighted by Gasteiger charge is 2.23. The quantitative estimate of drug-likeness (QED) is 0.0454. The van der Waals surface area contributed by atoms with Gasteiger partial charge in [-0.1, -0.05) is 12.1 Å². The topological polar surface area (TPSA) is 229 Å². The van der Waals surface area contributed by atoms with Crippen LogP contribution in [0.4, 0.5) is 4.39 Å². The zero-order valence-corrected chi connectivity index (χ0v) is 52.9. The Hall–Kier alpha value is -8.11. The first-order valence-electron chi connectivity index (χ1n) is 25.6. The lowest BCUT2D eigenvalue weighted by Gasteiger charge is -2.09. The summed E-state index contributed by atoms with van der Waals surface area (Å²) in [6.45, 7) is 0. The minimum Gasteiger partial charge on any atom is -0.493 e. The third-order valence-electron chi connectivity index (χ3n) is 12.5. The Bertz CT molecular complexity index is 3790. The Balaban J connectivity index is 0.000000194. The van der Waals surface area contributed by atoms with E-state index >= 15 is 0 Å². The van der Waals surface area contributed by atoms with E-state index in [4.69, 9.17) is 28.4 Å². The number of aromatic nitrogens is 8. The molecule has 0 unspecified atom stereocenters. The Morgan fingerprint density at radius 3 is 1.30 bits per heavy atom. The van der Waals surface area contributed by atoms with E-state index in [9.17, 15) is 33.2 Å². The molecule has 0 spiro atoms. The number of ether oxygens (including phenoxy) is 6. The monoisotopic (exact) mass is 1390 g/mol. The summed E-state index contributed by atoms with van der Waals surface area (Å²) in [6, 6.07) is 23.3. The lowest BCUT2D eigenvalue weighted by atomic mass is 9.99. The van der Waals surface area contributed by atoms with Gasteiger partial charge >= 0.3 is 0 Å². The molecule has 9 rings (SSSR count). The summed E-state index contributed by atoms with van der Waals surface area (Å²) in [5.41, 5.74) is 3.88. The Labute approximate surface area is 515 Å². The number of aryl methyl sites for hydroxylation is 4. The van der Waals surface area contributed by atoms with Gasteiger partial charge in [-0.05, 0) is 118 Å². The van der Waals surface area contributed by atoms with Crippen molar-refractivity contribution >= 4 is 101 Å². The Morgan fingerprint density at radius 1 is 0.464 bits per heavy atom. The molecule has 0 fully saturated rings. The predicted molar refractivity (Wildman–Crippen MR) is 331 cm³/mol. The van der Waals surface area contributed by atoms with Gasteiger partial charge in [0.15, 0.2) is 69.2 Å². The van der Waals surface area contributed by atoms with Crippen molar-refractivity contribution < 1.29 is 61.6 Å². The molecule has 0 saturated heterocycles. The molecule has 0 aliphatic carbocycles. The number of thiophene rings is 1. The lowest BCUT2D eigenvalue weighted by molar-refractivity contribution is 0.0914. The van der Waals surface area contributed by atoms with Crippen molar-refractivity contribution in [1.29, 1.82) is 0 Å². The average Bonchev–Trinajstić information content (AvgIpc) is 4.23. The molecule has 9 aromatic rings. The first-order chi connectivity index (χ1) is 40.2. The largest absolute Gasteiger partial charge is 0.493 e. The Morgan fingerprint density at radius 2 is 0.893 bits per heavy atom. The standard InChI is InChI=1S/C24H21FN2O4S.C16H17IN2O4.C16H18N2O4.C4H5IN2/c1-27-12-16(17-13-32-24-15(17)5-4-6-18(24)25)23(26-27)20(29)9-8-19(28)14-7-10-21(30-2)22(11-14)31-3;1-19-9-11(17)16(18-19)13(21)6-5-12(20)10-4-7-14(22-2)15(8-10)23-3;1-18-9-8-12(17-18)14(20)6-5-13(19)11-4-7-15(21-2)16(10-11)22-3;1-7-3-2-4(5)6-7/h4-7,10-13H,8-9H2,1-3H3;4,7-9H,5-6H2,1-3H3;4,7-10H,5-6H2,1-3H3;2-3H,1H3. The molecule has 4 aromatic carbocycles. The van der Waals surface area contributed by atoms with Gasteiger partial charge in [0, 0.05) is 130 Å². The molecule has 5 heterocycles. The molecule has 5 aromatic heterocycles. The number of nitrogens with zero attached hydrogens (tertiary/aromatic N) is 8. The number of fused-ring (bicyclic) bond motifs is 1. The van der Waals surface area contributed by atoms with Crippen LogP contribution in [-0.2, 0) is 28.2 Å². The van der Waals surface area contributed by atoms with Gasteiger partial charge < -0.3 is 28.4 Å². The van der Waals surface area contributed by atoms with Gasteiger partial charge in [-0.2, -0.15) is 20.4 Å². The number of hydrogen-bond donors (Lipinski definition) is 0. The second-order valence-corrected chi connectivity index (χ2v) is 21.4. The first kappa shape index (κ1) is 65.0. The van der Waals surface area contributed by atoms with Crippen LogP contribution in [0.3, 0.4) is 0 Å². The number of benzene rings is 4. The number of carbonyl (C=O) groups is 6. The maximum atomic E-state index is 14.1. The van der Waals surface area contributed by atoms with Gasteiger partial charge in [0.1, 0.15) is 26.6 Å². The smallest absolute Gasteiger partial charge is 0.184 e. The molecule has 0 amide bonds. The molecule has 0 saturated carbocycles. The van der Waals surface area contributed by atoms with Crippen LogP contribution in [0.1, 0.15) is 101 Å². The number of rotatable bonds is 22. The summed E-state index contributed by atoms with van der Waals surface area (Å²) < 4.78 is 54.0. The van der Waals surface area contributed by atoms with E-state index in [1.807, 2.05) is 30.8 Å². The van der Waals surface area contributed by atoms with Crippen LogP contribution in [0.2, 0.25) is 0 Å².